The van der Waals surface area contributed by atoms with Crippen molar-refractivity contribution >= 4 is 43.7 Å². The van der Waals surface area contributed by atoms with E-state index in [1.54, 1.807) is 18.3 Å². The molecular weight excluding hydrogens is 416 g/mol. The van der Waals surface area contributed by atoms with E-state index in [1.165, 1.54) is 12.3 Å². The van der Waals surface area contributed by atoms with E-state index in [-0.39, 0.29) is 15.8 Å². The van der Waals surface area contributed by atoms with Gasteiger partial charge in [0.05, 0.1) is 11.2 Å². The Bertz CT molecular complexity index is 1220. The van der Waals surface area contributed by atoms with Gasteiger partial charge in [-0.3, -0.25) is 4.98 Å². The number of hydrogen-bond acceptors (Lipinski definition) is 5. The van der Waals surface area contributed by atoms with Crippen molar-refractivity contribution in [3.63, 3.8) is 0 Å². The molecule has 2 aromatic heterocycles. The van der Waals surface area contributed by atoms with Crippen LogP contribution in [0.25, 0.3) is 10.8 Å². The van der Waals surface area contributed by atoms with E-state index in [9.17, 15) is 8.42 Å². The van der Waals surface area contributed by atoms with Gasteiger partial charge in [-0.2, -0.15) is 0 Å². The zero-order chi connectivity index (χ0) is 19.6. The largest absolute Gasteiger partial charge is 0.443 e. The number of sulfonamides is 1. The highest BCUT2D eigenvalue weighted by molar-refractivity contribution is 7.91. The molecule has 0 amide bonds. The number of hydrogen-bond donors (Lipinski definition) is 1. The number of ether oxygens (including phenoxy) is 1. The van der Waals surface area contributed by atoms with Crippen LogP contribution in [0.2, 0.25) is 5.02 Å². The lowest BCUT2D eigenvalue weighted by atomic mass is 10.1. The lowest BCUT2D eigenvalue weighted by Gasteiger charge is -2.08. The zero-order valence-electron chi connectivity index (χ0n) is 14.5. The van der Waals surface area contributed by atoms with E-state index >= 15 is 0 Å². The Morgan fingerprint density at radius 3 is 2.71 bits per heavy atom. The van der Waals surface area contributed by atoms with Crippen LogP contribution < -0.4 is 9.46 Å². The third kappa shape index (κ3) is 4.02. The number of pyridine rings is 1. The fourth-order valence-corrected chi connectivity index (χ4v) is 5.39. The van der Waals surface area contributed by atoms with E-state index < -0.39 is 10.0 Å². The normalized spacial score (nSPS) is 11.6. The maximum atomic E-state index is 12.7. The quantitative estimate of drug-likeness (QED) is 0.455. The number of nitrogens with zero attached hydrogens (tertiary/aromatic N) is 1. The molecule has 0 bridgehead atoms. The number of aromatic nitrogens is 1. The molecule has 4 rings (SSSR count). The van der Waals surface area contributed by atoms with Crippen LogP contribution in [-0.2, 0) is 16.6 Å². The molecule has 0 radical (unpaired) electrons. The number of nitrogens with one attached hydrogen (secondary N) is 1. The molecule has 4 aromatic rings. The smallest absolute Gasteiger partial charge is 0.250 e. The highest BCUT2D eigenvalue weighted by atomic mass is 35.5. The number of benzene rings is 2. The van der Waals surface area contributed by atoms with Crippen molar-refractivity contribution in [3.05, 3.63) is 83.6 Å². The summed E-state index contributed by atoms with van der Waals surface area (Å²) in [4.78, 5) is 3.96. The van der Waals surface area contributed by atoms with Gasteiger partial charge in [-0.1, -0.05) is 65.4 Å². The van der Waals surface area contributed by atoms with Crippen LogP contribution in [0.5, 0.6) is 10.8 Å². The van der Waals surface area contributed by atoms with Gasteiger partial charge in [0.2, 0.25) is 5.06 Å². The van der Waals surface area contributed by atoms with E-state index in [0.717, 1.165) is 27.7 Å². The fraction of sp³-hybridized carbons (Fsp3) is 0.0500. The van der Waals surface area contributed by atoms with Crippen molar-refractivity contribution in [3.8, 4) is 10.8 Å². The van der Waals surface area contributed by atoms with Crippen LogP contribution in [-0.4, -0.2) is 13.4 Å². The molecule has 0 fully saturated rings. The predicted molar refractivity (Wildman–Crippen MR) is 112 cm³/mol. The molecule has 1 N–H and O–H groups in total. The summed E-state index contributed by atoms with van der Waals surface area (Å²) in [6, 6.07) is 18.5. The monoisotopic (exact) mass is 430 g/mol. The van der Waals surface area contributed by atoms with Crippen LogP contribution in [0.15, 0.2) is 77.3 Å². The van der Waals surface area contributed by atoms with E-state index in [0.29, 0.717) is 10.8 Å². The second-order valence-corrected chi connectivity index (χ2v) is 9.37. The van der Waals surface area contributed by atoms with Crippen molar-refractivity contribution < 1.29 is 13.2 Å². The summed E-state index contributed by atoms with van der Waals surface area (Å²) in [7, 11) is -3.73. The van der Waals surface area contributed by atoms with Gasteiger partial charge in [0.1, 0.15) is 9.96 Å². The summed E-state index contributed by atoms with van der Waals surface area (Å²) in [5.74, 6) is 0.485. The lowest BCUT2D eigenvalue weighted by molar-refractivity contribution is 0.494. The predicted octanol–water partition coefficient (Wildman–Crippen LogP) is 5.22. The topological polar surface area (TPSA) is 68.3 Å². The average Bonchev–Trinajstić information content (AvgIpc) is 3.08. The SMILES string of the molecule is O=S(=O)(NCc1cccc2ccccc12)c1cc(Cl)c(Oc2cccnc2)s1. The first-order valence-corrected chi connectivity index (χ1v) is 11.0. The summed E-state index contributed by atoms with van der Waals surface area (Å²) >= 11 is 7.14. The standard InChI is InChI=1S/C20H15ClN2O3S2/c21-18-11-19(27-20(18)26-16-8-4-10-22-13-16)28(24,25)23-12-15-7-3-6-14-5-1-2-9-17(14)15/h1-11,13,23H,12H2. The zero-order valence-corrected chi connectivity index (χ0v) is 16.9. The first-order valence-electron chi connectivity index (χ1n) is 8.36. The van der Waals surface area contributed by atoms with Crippen molar-refractivity contribution in [1.29, 1.82) is 0 Å². The van der Waals surface area contributed by atoms with Crippen LogP contribution in [0.1, 0.15) is 5.56 Å². The summed E-state index contributed by atoms with van der Waals surface area (Å²) in [5, 5.41) is 2.61. The molecule has 0 atom stereocenters. The number of fused-ring (bicyclic) bond motifs is 1. The Labute approximate surface area is 171 Å². The van der Waals surface area contributed by atoms with Crippen molar-refractivity contribution in [2.24, 2.45) is 0 Å². The first kappa shape index (κ1) is 18.9. The van der Waals surface area contributed by atoms with Gasteiger partial charge >= 0.3 is 0 Å². The molecule has 0 aliphatic rings. The molecule has 0 unspecified atom stereocenters. The van der Waals surface area contributed by atoms with Gasteiger partial charge in [0, 0.05) is 12.7 Å². The fourth-order valence-electron chi connectivity index (χ4n) is 2.74. The maximum Gasteiger partial charge on any atom is 0.250 e. The summed E-state index contributed by atoms with van der Waals surface area (Å²) in [6.07, 6.45) is 3.15. The molecule has 0 saturated heterocycles. The van der Waals surface area contributed by atoms with Gasteiger partial charge < -0.3 is 4.74 Å². The Kier molecular flexibility index (Phi) is 5.32. The Morgan fingerprint density at radius 1 is 1.07 bits per heavy atom. The Morgan fingerprint density at radius 2 is 1.89 bits per heavy atom. The minimum atomic E-state index is -3.73. The minimum Gasteiger partial charge on any atom is -0.443 e. The summed E-state index contributed by atoms with van der Waals surface area (Å²) in [6.45, 7) is 0.179. The van der Waals surface area contributed by atoms with E-state index in [2.05, 4.69) is 9.71 Å². The molecule has 0 saturated carbocycles. The Hall–Kier alpha value is -2.45. The van der Waals surface area contributed by atoms with Gasteiger partial charge in [0.15, 0.2) is 0 Å². The van der Waals surface area contributed by atoms with Crippen LogP contribution in [0, 0.1) is 0 Å². The van der Waals surface area contributed by atoms with Gasteiger partial charge in [-0.25, -0.2) is 13.1 Å². The van der Waals surface area contributed by atoms with E-state index in [1.807, 2.05) is 42.5 Å². The summed E-state index contributed by atoms with van der Waals surface area (Å²) < 4.78 is 33.8. The van der Waals surface area contributed by atoms with Crippen LogP contribution in [0.4, 0.5) is 0 Å². The second kappa shape index (κ2) is 7.89. The molecule has 0 spiro atoms. The highest BCUT2D eigenvalue weighted by Gasteiger charge is 2.21. The number of halogens is 1. The minimum absolute atomic E-state index is 0.0941. The number of rotatable bonds is 6. The summed E-state index contributed by atoms with van der Waals surface area (Å²) in [5.41, 5.74) is 0.899. The molecule has 2 aromatic carbocycles. The van der Waals surface area contributed by atoms with Crippen molar-refractivity contribution in [1.82, 2.24) is 9.71 Å². The highest BCUT2D eigenvalue weighted by Crippen LogP contribution is 2.39. The molecule has 2 heterocycles. The first-order chi connectivity index (χ1) is 13.5. The lowest BCUT2D eigenvalue weighted by Crippen LogP contribution is -2.22. The van der Waals surface area contributed by atoms with Gasteiger partial charge in [-0.15, -0.1) is 0 Å². The van der Waals surface area contributed by atoms with Crippen LogP contribution >= 0.6 is 22.9 Å². The molecule has 0 aliphatic heterocycles. The van der Waals surface area contributed by atoms with Crippen molar-refractivity contribution in [2.45, 2.75) is 10.8 Å². The molecule has 142 valence electrons. The molecule has 8 heteroatoms. The molecule has 28 heavy (non-hydrogen) atoms. The van der Waals surface area contributed by atoms with Crippen LogP contribution in [0.3, 0.4) is 0 Å². The molecule has 5 nitrogen and oxygen atoms in total. The molecule has 0 aliphatic carbocycles. The van der Waals surface area contributed by atoms with E-state index in [4.69, 9.17) is 16.3 Å². The van der Waals surface area contributed by atoms with Crippen molar-refractivity contribution in [2.75, 3.05) is 0 Å². The second-order valence-electron chi connectivity index (χ2n) is 5.95. The van der Waals surface area contributed by atoms with Gasteiger partial charge in [-0.05, 0) is 34.5 Å². The molecular formula is C20H15ClN2O3S2. The third-order valence-corrected chi connectivity index (χ3v) is 7.36. The Balaban J connectivity index is 1.54. The average molecular weight is 431 g/mol. The van der Waals surface area contributed by atoms with Gasteiger partial charge in [0.25, 0.3) is 10.0 Å². The maximum absolute atomic E-state index is 12.7. The number of thiophene rings is 1. The third-order valence-electron chi connectivity index (χ3n) is 4.08.